The largest absolute Gasteiger partial charge is 0.480 e. The first-order chi connectivity index (χ1) is 8.16. The fourth-order valence-corrected chi connectivity index (χ4v) is 3.41. The minimum absolute atomic E-state index is 0.0365. The average molecular weight is 258 g/mol. The highest BCUT2D eigenvalue weighted by Gasteiger charge is 2.31. The fraction of sp³-hybridized carbons (Fsp3) is 0.818. The van der Waals surface area contributed by atoms with E-state index in [9.17, 15) is 9.59 Å². The molecular formula is C11H18N2O3S. The van der Waals surface area contributed by atoms with Gasteiger partial charge < -0.3 is 10.0 Å². The number of likely N-dealkylation sites (tertiary alicyclic amines) is 1. The molecule has 0 spiro atoms. The lowest BCUT2D eigenvalue weighted by Gasteiger charge is -2.27. The van der Waals surface area contributed by atoms with Gasteiger partial charge in [-0.3, -0.25) is 14.9 Å². The van der Waals surface area contributed by atoms with Crippen LogP contribution in [0, 0.1) is 0 Å². The molecule has 0 radical (unpaired) electrons. The van der Waals surface area contributed by atoms with Crippen molar-refractivity contribution in [3.05, 3.63) is 0 Å². The summed E-state index contributed by atoms with van der Waals surface area (Å²) in [6.45, 7) is 1.72. The molecule has 96 valence electrons. The number of hydrogen-bond acceptors (Lipinski definition) is 4. The lowest BCUT2D eigenvalue weighted by molar-refractivity contribution is -0.139. The molecule has 2 unspecified atom stereocenters. The molecule has 0 aromatic rings. The van der Waals surface area contributed by atoms with Gasteiger partial charge in [-0.2, -0.15) is 0 Å². The van der Waals surface area contributed by atoms with E-state index >= 15 is 0 Å². The first kappa shape index (κ1) is 12.7. The zero-order chi connectivity index (χ0) is 12.3. The van der Waals surface area contributed by atoms with E-state index in [1.807, 2.05) is 4.90 Å². The number of thioether (sulfide) groups is 1. The number of piperidine rings is 1. The SMILES string of the molecule is O=C(O)C1CSC(CC(=O)N2CCCCC2)N1. The number of aliphatic carboxylic acids is 1. The third kappa shape index (κ3) is 3.35. The summed E-state index contributed by atoms with van der Waals surface area (Å²) in [7, 11) is 0. The van der Waals surface area contributed by atoms with Gasteiger partial charge in [-0.1, -0.05) is 0 Å². The summed E-state index contributed by atoms with van der Waals surface area (Å²) in [6, 6.07) is -0.501. The second-order valence-corrected chi connectivity index (χ2v) is 5.76. The number of carbonyl (C=O) groups excluding carboxylic acids is 1. The highest BCUT2D eigenvalue weighted by molar-refractivity contribution is 8.00. The van der Waals surface area contributed by atoms with Gasteiger partial charge in [0.1, 0.15) is 6.04 Å². The summed E-state index contributed by atoms with van der Waals surface area (Å²) >= 11 is 1.53. The van der Waals surface area contributed by atoms with Crippen LogP contribution in [0.1, 0.15) is 25.7 Å². The smallest absolute Gasteiger partial charge is 0.321 e. The number of carboxylic acids is 1. The van der Waals surface area contributed by atoms with Gasteiger partial charge in [-0.15, -0.1) is 11.8 Å². The highest BCUT2D eigenvalue weighted by atomic mass is 32.2. The Morgan fingerprint density at radius 3 is 2.59 bits per heavy atom. The molecule has 2 saturated heterocycles. The number of hydrogen-bond donors (Lipinski definition) is 2. The Labute approximate surface area is 105 Å². The van der Waals surface area contributed by atoms with Crippen molar-refractivity contribution in [2.75, 3.05) is 18.8 Å². The first-order valence-electron chi connectivity index (χ1n) is 6.05. The maximum absolute atomic E-state index is 12.0. The summed E-state index contributed by atoms with van der Waals surface area (Å²) in [5.74, 6) is -0.126. The predicted molar refractivity (Wildman–Crippen MR) is 65.9 cm³/mol. The van der Waals surface area contributed by atoms with Crippen LogP contribution in [0.5, 0.6) is 0 Å². The van der Waals surface area contributed by atoms with Crippen LogP contribution in [0.4, 0.5) is 0 Å². The van der Waals surface area contributed by atoms with Gasteiger partial charge in [0.15, 0.2) is 0 Å². The Morgan fingerprint density at radius 2 is 2.00 bits per heavy atom. The molecule has 2 aliphatic heterocycles. The van der Waals surface area contributed by atoms with Crippen molar-refractivity contribution in [3.8, 4) is 0 Å². The van der Waals surface area contributed by atoms with Gasteiger partial charge in [0.05, 0.1) is 11.8 Å². The molecule has 17 heavy (non-hydrogen) atoms. The summed E-state index contributed by atoms with van der Waals surface area (Å²) in [6.07, 6.45) is 3.80. The molecule has 1 amide bonds. The van der Waals surface area contributed by atoms with E-state index in [2.05, 4.69) is 5.32 Å². The van der Waals surface area contributed by atoms with Gasteiger partial charge in [-0.25, -0.2) is 0 Å². The standard InChI is InChI=1S/C11H18N2O3S/c14-10(13-4-2-1-3-5-13)6-9-12-8(7-17-9)11(15)16/h8-9,12H,1-7H2,(H,15,16). The third-order valence-electron chi connectivity index (χ3n) is 3.22. The molecule has 0 saturated carbocycles. The van der Waals surface area contributed by atoms with Crippen LogP contribution in [0.25, 0.3) is 0 Å². The summed E-state index contributed by atoms with van der Waals surface area (Å²) in [4.78, 5) is 24.6. The van der Waals surface area contributed by atoms with Crippen LogP contribution >= 0.6 is 11.8 Å². The minimum atomic E-state index is -0.828. The third-order valence-corrected chi connectivity index (χ3v) is 4.45. The molecule has 2 rings (SSSR count). The van der Waals surface area contributed by atoms with E-state index in [0.29, 0.717) is 12.2 Å². The molecule has 0 aromatic heterocycles. The molecule has 0 bridgehead atoms. The van der Waals surface area contributed by atoms with E-state index < -0.39 is 12.0 Å². The van der Waals surface area contributed by atoms with Crippen LogP contribution in [-0.4, -0.2) is 52.1 Å². The molecular weight excluding hydrogens is 240 g/mol. The maximum Gasteiger partial charge on any atom is 0.321 e. The molecule has 0 aliphatic carbocycles. The predicted octanol–water partition coefficient (Wildman–Crippen LogP) is 0.505. The number of carbonyl (C=O) groups is 2. The van der Waals surface area contributed by atoms with E-state index in [0.717, 1.165) is 25.9 Å². The Hall–Kier alpha value is -0.750. The Balaban J connectivity index is 1.77. The number of rotatable bonds is 3. The van der Waals surface area contributed by atoms with Crippen molar-refractivity contribution in [2.45, 2.75) is 37.1 Å². The van der Waals surface area contributed by atoms with Gasteiger partial charge >= 0.3 is 5.97 Å². The van der Waals surface area contributed by atoms with Gasteiger partial charge in [-0.05, 0) is 19.3 Å². The van der Waals surface area contributed by atoms with E-state index in [-0.39, 0.29) is 11.3 Å². The van der Waals surface area contributed by atoms with E-state index in [1.165, 1.54) is 18.2 Å². The number of nitrogens with zero attached hydrogens (tertiary/aromatic N) is 1. The average Bonchev–Trinajstić information content (AvgIpc) is 2.79. The lowest BCUT2D eigenvalue weighted by Crippen LogP contribution is -2.41. The van der Waals surface area contributed by atoms with Crippen LogP contribution < -0.4 is 5.32 Å². The van der Waals surface area contributed by atoms with Crippen molar-refractivity contribution in [3.63, 3.8) is 0 Å². The number of amides is 1. The number of carboxylic acid groups (broad SMARTS) is 1. The first-order valence-corrected chi connectivity index (χ1v) is 7.10. The number of nitrogens with one attached hydrogen (secondary N) is 1. The molecule has 2 atom stereocenters. The quantitative estimate of drug-likeness (QED) is 0.771. The lowest BCUT2D eigenvalue weighted by atomic mass is 10.1. The highest BCUT2D eigenvalue weighted by Crippen LogP contribution is 2.23. The van der Waals surface area contributed by atoms with Crippen LogP contribution in [0.2, 0.25) is 0 Å². The van der Waals surface area contributed by atoms with E-state index in [4.69, 9.17) is 5.11 Å². The normalized spacial score (nSPS) is 29.3. The Morgan fingerprint density at radius 1 is 1.29 bits per heavy atom. The molecule has 2 heterocycles. The second kappa shape index (κ2) is 5.73. The second-order valence-electron chi connectivity index (χ2n) is 4.53. The Bertz CT molecular complexity index is 305. The molecule has 2 N–H and O–H groups in total. The van der Waals surface area contributed by atoms with Crippen LogP contribution in [0.15, 0.2) is 0 Å². The van der Waals surface area contributed by atoms with Gasteiger partial charge in [0.2, 0.25) is 5.91 Å². The van der Waals surface area contributed by atoms with Gasteiger partial charge in [0, 0.05) is 18.8 Å². The van der Waals surface area contributed by atoms with Crippen molar-refractivity contribution >= 4 is 23.6 Å². The van der Waals surface area contributed by atoms with Crippen LogP contribution in [-0.2, 0) is 9.59 Å². The summed E-state index contributed by atoms with van der Waals surface area (Å²) in [5.41, 5.74) is 0. The maximum atomic E-state index is 12.0. The molecule has 6 heteroatoms. The minimum Gasteiger partial charge on any atom is -0.480 e. The molecule has 0 aromatic carbocycles. The van der Waals surface area contributed by atoms with Crippen LogP contribution in [0.3, 0.4) is 0 Å². The topological polar surface area (TPSA) is 69.6 Å². The fourth-order valence-electron chi connectivity index (χ4n) is 2.22. The zero-order valence-corrected chi connectivity index (χ0v) is 10.5. The van der Waals surface area contributed by atoms with Crippen molar-refractivity contribution in [1.29, 1.82) is 0 Å². The molecule has 2 fully saturated rings. The Kier molecular flexibility index (Phi) is 4.28. The monoisotopic (exact) mass is 258 g/mol. The molecule has 5 nitrogen and oxygen atoms in total. The van der Waals surface area contributed by atoms with E-state index in [1.54, 1.807) is 0 Å². The molecule has 2 aliphatic rings. The summed E-state index contributed by atoms with van der Waals surface area (Å²) < 4.78 is 0. The summed E-state index contributed by atoms with van der Waals surface area (Å²) in [5, 5.41) is 11.8. The van der Waals surface area contributed by atoms with Crippen molar-refractivity contribution in [2.24, 2.45) is 0 Å². The van der Waals surface area contributed by atoms with Crippen molar-refractivity contribution in [1.82, 2.24) is 10.2 Å². The van der Waals surface area contributed by atoms with Gasteiger partial charge in [0.25, 0.3) is 0 Å². The zero-order valence-electron chi connectivity index (χ0n) is 9.72. The van der Waals surface area contributed by atoms with Crippen molar-refractivity contribution < 1.29 is 14.7 Å².